The smallest absolute Gasteiger partial charge is 0.384 e. The second-order valence-corrected chi connectivity index (χ2v) is 2.93. The standard InChI is InChI=1S/C12H13NO3/c1-3-16-12(14)7-5-9-4-6-10(13)8-11(9)15-2/h4,6,8H,3,13H2,1-2H3. The zero-order valence-electron chi connectivity index (χ0n) is 9.24. The van der Waals surface area contributed by atoms with E-state index < -0.39 is 5.97 Å². The molecule has 0 saturated carbocycles. The third-order valence-electron chi connectivity index (χ3n) is 1.80. The summed E-state index contributed by atoms with van der Waals surface area (Å²) in [4.78, 5) is 11.0. The van der Waals surface area contributed by atoms with Crippen LogP contribution in [0.2, 0.25) is 0 Å². The monoisotopic (exact) mass is 219 g/mol. The van der Waals surface area contributed by atoms with Crippen molar-refractivity contribution in [3.8, 4) is 17.6 Å². The van der Waals surface area contributed by atoms with Crippen LogP contribution in [0, 0.1) is 11.8 Å². The predicted molar refractivity (Wildman–Crippen MR) is 60.9 cm³/mol. The highest BCUT2D eigenvalue weighted by Gasteiger charge is 2.00. The van der Waals surface area contributed by atoms with E-state index in [1.807, 2.05) is 0 Å². The fourth-order valence-electron chi connectivity index (χ4n) is 1.10. The Labute approximate surface area is 94.3 Å². The van der Waals surface area contributed by atoms with Crippen molar-refractivity contribution in [2.45, 2.75) is 6.92 Å². The van der Waals surface area contributed by atoms with Gasteiger partial charge in [0.05, 0.1) is 19.3 Å². The van der Waals surface area contributed by atoms with Crippen molar-refractivity contribution in [3.05, 3.63) is 23.8 Å². The Kier molecular flexibility index (Phi) is 4.22. The first-order chi connectivity index (χ1) is 7.67. The Morgan fingerprint density at radius 2 is 2.25 bits per heavy atom. The molecule has 1 rings (SSSR count). The van der Waals surface area contributed by atoms with Crippen LogP contribution < -0.4 is 10.5 Å². The van der Waals surface area contributed by atoms with Crippen molar-refractivity contribution < 1.29 is 14.3 Å². The van der Waals surface area contributed by atoms with Crippen LogP contribution >= 0.6 is 0 Å². The van der Waals surface area contributed by atoms with E-state index >= 15 is 0 Å². The van der Waals surface area contributed by atoms with Crippen LogP contribution in [0.4, 0.5) is 5.69 Å². The summed E-state index contributed by atoms with van der Waals surface area (Å²) in [6.07, 6.45) is 0. The molecule has 0 aliphatic rings. The van der Waals surface area contributed by atoms with Gasteiger partial charge < -0.3 is 15.2 Å². The quantitative estimate of drug-likeness (QED) is 0.461. The maximum Gasteiger partial charge on any atom is 0.384 e. The highest BCUT2D eigenvalue weighted by molar-refractivity contribution is 5.89. The number of benzene rings is 1. The second-order valence-electron chi connectivity index (χ2n) is 2.93. The van der Waals surface area contributed by atoms with E-state index in [1.165, 1.54) is 7.11 Å². The first-order valence-electron chi connectivity index (χ1n) is 4.79. The highest BCUT2D eigenvalue weighted by Crippen LogP contribution is 2.20. The number of rotatable bonds is 2. The fraction of sp³-hybridized carbons (Fsp3) is 0.250. The molecule has 4 nitrogen and oxygen atoms in total. The number of methoxy groups -OCH3 is 1. The minimum Gasteiger partial charge on any atom is -0.495 e. The lowest BCUT2D eigenvalue weighted by atomic mass is 10.2. The van der Waals surface area contributed by atoms with Crippen molar-refractivity contribution >= 4 is 11.7 Å². The van der Waals surface area contributed by atoms with Gasteiger partial charge in [0.15, 0.2) is 0 Å². The van der Waals surface area contributed by atoms with Crippen LogP contribution in [0.15, 0.2) is 18.2 Å². The van der Waals surface area contributed by atoms with Crippen molar-refractivity contribution in [1.82, 2.24) is 0 Å². The molecule has 0 aromatic heterocycles. The average molecular weight is 219 g/mol. The Bertz CT molecular complexity index is 443. The first-order valence-corrected chi connectivity index (χ1v) is 4.79. The Morgan fingerprint density at radius 1 is 1.50 bits per heavy atom. The molecular formula is C12H13NO3. The lowest BCUT2D eigenvalue weighted by molar-refractivity contribution is -0.136. The Morgan fingerprint density at radius 3 is 2.88 bits per heavy atom. The molecule has 0 radical (unpaired) electrons. The van der Waals surface area contributed by atoms with E-state index in [2.05, 4.69) is 16.6 Å². The maximum absolute atomic E-state index is 11.0. The summed E-state index contributed by atoms with van der Waals surface area (Å²) in [5.74, 6) is 5.02. The van der Waals surface area contributed by atoms with Gasteiger partial charge in [0.2, 0.25) is 0 Å². The molecule has 0 unspecified atom stereocenters. The third kappa shape index (κ3) is 3.21. The summed E-state index contributed by atoms with van der Waals surface area (Å²) in [6.45, 7) is 2.04. The number of carbonyl (C=O) groups is 1. The number of esters is 1. The lowest BCUT2D eigenvalue weighted by Gasteiger charge is -2.03. The summed E-state index contributed by atoms with van der Waals surface area (Å²) in [5.41, 5.74) is 6.77. The largest absolute Gasteiger partial charge is 0.495 e. The average Bonchev–Trinajstić information content (AvgIpc) is 2.27. The van der Waals surface area contributed by atoms with Crippen LogP contribution in [-0.2, 0) is 9.53 Å². The molecule has 0 fully saturated rings. The molecule has 16 heavy (non-hydrogen) atoms. The SMILES string of the molecule is CCOC(=O)C#Cc1ccc(N)cc1OC. The van der Waals surface area contributed by atoms with Crippen LogP contribution in [0.5, 0.6) is 5.75 Å². The molecule has 0 heterocycles. The molecule has 0 atom stereocenters. The molecule has 4 heteroatoms. The number of nitrogens with two attached hydrogens (primary N) is 1. The Balaban J connectivity index is 2.92. The van der Waals surface area contributed by atoms with Crippen molar-refractivity contribution in [2.75, 3.05) is 19.5 Å². The minimum atomic E-state index is -0.554. The number of hydrogen-bond acceptors (Lipinski definition) is 4. The van der Waals surface area contributed by atoms with Crippen LogP contribution in [0.25, 0.3) is 0 Å². The van der Waals surface area contributed by atoms with Gasteiger partial charge in [-0.25, -0.2) is 4.79 Å². The number of anilines is 1. The molecule has 0 amide bonds. The zero-order chi connectivity index (χ0) is 12.0. The Hall–Kier alpha value is -2.15. The van der Waals surface area contributed by atoms with E-state index in [4.69, 9.17) is 10.5 Å². The summed E-state index contributed by atoms with van der Waals surface area (Å²) in [6, 6.07) is 5.03. The van der Waals surface area contributed by atoms with E-state index in [0.717, 1.165) is 0 Å². The van der Waals surface area contributed by atoms with Gasteiger partial charge in [-0.05, 0) is 19.1 Å². The van der Waals surface area contributed by atoms with Gasteiger partial charge in [0.25, 0.3) is 0 Å². The molecule has 0 spiro atoms. The summed E-state index contributed by atoms with van der Waals surface area (Å²) >= 11 is 0. The van der Waals surface area contributed by atoms with Crippen LogP contribution in [0.3, 0.4) is 0 Å². The van der Waals surface area contributed by atoms with Gasteiger partial charge in [-0.1, -0.05) is 5.92 Å². The fourth-order valence-corrected chi connectivity index (χ4v) is 1.10. The topological polar surface area (TPSA) is 61.5 Å². The number of ether oxygens (including phenoxy) is 2. The molecule has 0 saturated heterocycles. The molecule has 1 aromatic carbocycles. The van der Waals surface area contributed by atoms with Gasteiger partial charge in [-0.15, -0.1) is 0 Å². The minimum absolute atomic E-state index is 0.312. The molecule has 0 bridgehead atoms. The van der Waals surface area contributed by atoms with Gasteiger partial charge in [0.1, 0.15) is 5.75 Å². The van der Waals surface area contributed by atoms with E-state index in [9.17, 15) is 4.79 Å². The molecule has 0 aliphatic carbocycles. The maximum atomic E-state index is 11.0. The van der Waals surface area contributed by atoms with Gasteiger partial charge in [-0.3, -0.25) is 0 Å². The highest BCUT2D eigenvalue weighted by atomic mass is 16.5. The molecule has 84 valence electrons. The van der Waals surface area contributed by atoms with Crippen molar-refractivity contribution in [1.29, 1.82) is 0 Å². The van der Waals surface area contributed by atoms with Crippen LogP contribution in [-0.4, -0.2) is 19.7 Å². The van der Waals surface area contributed by atoms with Crippen molar-refractivity contribution in [2.24, 2.45) is 0 Å². The van der Waals surface area contributed by atoms with E-state index in [1.54, 1.807) is 25.1 Å². The number of carbonyl (C=O) groups excluding carboxylic acids is 1. The number of nitrogen functional groups attached to an aromatic ring is 1. The lowest BCUT2D eigenvalue weighted by Crippen LogP contribution is -1.99. The van der Waals surface area contributed by atoms with Crippen LogP contribution in [0.1, 0.15) is 12.5 Å². The normalized spacial score (nSPS) is 8.88. The molecule has 1 aromatic rings. The van der Waals surface area contributed by atoms with Gasteiger partial charge in [-0.2, -0.15) is 0 Å². The third-order valence-corrected chi connectivity index (χ3v) is 1.80. The molecule has 2 N–H and O–H groups in total. The summed E-state index contributed by atoms with van der Waals surface area (Å²) in [5, 5.41) is 0. The van der Waals surface area contributed by atoms with E-state index in [-0.39, 0.29) is 0 Å². The molecular weight excluding hydrogens is 206 g/mol. The van der Waals surface area contributed by atoms with Crippen molar-refractivity contribution in [3.63, 3.8) is 0 Å². The first kappa shape index (κ1) is 11.9. The number of hydrogen-bond donors (Lipinski definition) is 1. The predicted octanol–water partition coefficient (Wildman–Crippen LogP) is 1.19. The summed E-state index contributed by atoms with van der Waals surface area (Å²) < 4.78 is 9.77. The van der Waals surface area contributed by atoms with Gasteiger partial charge >= 0.3 is 5.97 Å². The second kappa shape index (κ2) is 5.66. The molecule has 0 aliphatic heterocycles. The zero-order valence-corrected chi connectivity index (χ0v) is 9.24. The summed E-state index contributed by atoms with van der Waals surface area (Å²) in [7, 11) is 1.52. The van der Waals surface area contributed by atoms with Gasteiger partial charge in [0, 0.05) is 17.7 Å². The van der Waals surface area contributed by atoms with E-state index in [0.29, 0.717) is 23.6 Å².